The zero-order valence-corrected chi connectivity index (χ0v) is 15.1. The minimum Gasteiger partial charge on any atom is -0.398 e. The van der Waals surface area contributed by atoms with Crippen LogP contribution in [-0.4, -0.2) is 37.8 Å². The molecule has 0 atom stereocenters. The van der Waals surface area contributed by atoms with Crippen molar-refractivity contribution in [3.8, 4) is 0 Å². The fraction of sp³-hybridized carbons (Fsp3) is 0. The predicted molar refractivity (Wildman–Crippen MR) is 95.5 cm³/mol. The monoisotopic (exact) mass is 417 g/mol. The standard InChI is InChI=1S/C10H9NO6S2.C4H6N2O2/c11-8-5-6-3-1-2-4-7(6)9(18(12,13)14)10(8)19(15,16)17;5-3(7)1-2-4(6)8/h1-5H,11H2,(H,12,13,14)(H,15,16,17);1-2H,(H2,5,7)(H2,6,8)/b;2-1-. The Balaban J connectivity index is 0.000000387. The molecule has 0 saturated heterocycles. The first-order valence-electron chi connectivity index (χ1n) is 6.78. The van der Waals surface area contributed by atoms with Crippen LogP contribution in [0.4, 0.5) is 5.69 Å². The van der Waals surface area contributed by atoms with Crippen LogP contribution in [0.15, 0.2) is 52.3 Å². The van der Waals surface area contributed by atoms with Crippen molar-refractivity contribution in [2.24, 2.45) is 11.5 Å². The van der Waals surface area contributed by atoms with E-state index >= 15 is 0 Å². The first kappa shape index (κ1) is 22.0. The van der Waals surface area contributed by atoms with Gasteiger partial charge in [-0.25, -0.2) is 0 Å². The van der Waals surface area contributed by atoms with E-state index in [2.05, 4.69) is 11.5 Å². The molecule has 2 amide bonds. The van der Waals surface area contributed by atoms with Gasteiger partial charge in [-0.15, -0.1) is 0 Å². The Morgan fingerprint density at radius 1 is 0.852 bits per heavy atom. The highest BCUT2D eigenvalue weighted by Crippen LogP contribution is 2.34. The normalized spacial score (nSPS) is 11.8. The number of carbonyl (C=O) groups excluding carboxylic acids is 2. The van der Waals surface area contributed by atoms with Gasteiger partial charge in [-0.2, -0.15) is 16.8 Å². The number of amides is 2. The molecule has 13 heteroatoms. The van der Waals surface area contributed by atoms with Crippen LogP contribution in [0.1, 0.15) is 0 Å². The lowest BCUT2D eigenvalue weighted by Crippen LogP contribution is -2.12. The van der Waals surface area contributed by atoms with Crippen LogP contribution in [-0.2, 0) is 29.8 Å². The highest BCUT2D eigenvalue weighted by molar-refractivity contribution is 7.89. The van der Waals surface area contributed by atoms with Gasteiger partial charge in [-0.3, -0.25) is 18.7 Å². The molecule has 2 rings (SSSR count). The number of benzene rings is 2. The lowest BCUT2D eigenvalue weighted by Gasteiger charge is -2.11. The minimum absolute atomic E-state index is 0.0492. The van der Waals surface area contributed by atoms with E-state index in [1.807, 2.05) is 0 Å². The number of rotatable bonds is 4. The molecule has 0 aliphatic rings. The quantitative estimate of drug-likeness (QED) is 0.244. The smallest absolute Gasteiger partial charge is 0.298 e. The number of carbonyl (C=O) groups is 2. The van der Waals surface area contributed by atoms with E-state index in [9.17, 15) is 31.0 Å². The largest absolute Gasteiger partial charge is 0.398 e. The summed E-state index contributed by atoms with van der Waals surface area (Å²) in [4.78, 5) is 17.7. The molecular weight excluding hydrogens is 402 g/mol. The maximum absolute atomic E-state index is 11.4. The Kier molecular flexibility index (Phi) is 6.64. The van der Waals surface area contributed by atoms with Crippen molar-refractivity contribution < 1.29 is 35.5 Å². The minimum atomic E-state index is -4.90. The van der Waals surface area contributed by atoms with Gasteiger partial charge < -0.3 is 17.2 Å². The summed E-state index contributed by atoms with van der Waals surface area (Å²) in [5.74, 6) is -1.35. The number of nitrogen functional groups attached to an aromatic ring is 1. The van der Waals surface area contributed by atoms with Crippen molar-refractivity contribution in [2.75, 3.05) is 5.73 Å². The van der Waals surface area contributed by atoms with Crippen LogP contribution in [0.2, 0.25) is 0 Å². The highest BCUT2D eigenvalue weighted by Gasteiger charge is 2.29. The van der Waals surface area contributed by atoms with Gasteiger partial charge in [0.15, 0.2) is 0 Å². The van der Waals surface area contributed by atoms with Gasteiger partial charge in [-0.05, 0) is 11.5 Å². The number of fused-ring (bicyclic) bond motifs is 1. The van der Waals surface area contributed by atoms with E-state index in [-0.39, 0.29) is 5.39 Å². The number of hydrogen-bond acceptors (Lipinski definition) is 7. The summed E-state index contributed by atoms with van der Waals surface area (Å²) >= 11 is 0. The molecule has 0 fully saturated rings. The van der Waals surface area contributed by atoms with Crippen LogP contribution in [0.5, 0.6) is 0 Å². The average molecular weight is 417 g/mol. The van der Waals surface area contributed by atoms with Crippen molar-refractivity contribution in [1.82, 2.24) is 0 Å². The second-order valence-corrected chi connectivity index (χ2v) is 7.65. The number of anilines is 1. The Labute approximate surface area is 153 Å². The molecule has 27 heavy (non-hydrogen) atoms. The molecule has 2 aromatic rings. The molecule has 11 nitrogen and oxygen atoms in total. The maximum Gasteiger partial charge on any atom is 0.298 e. The van der Waals surface area contributed by atoms with Gasteiger partial charge in [0.05, 0.1) is 5.69 Å². The fourth-order valence-corrected chi connectivity index (χ4v) is 4.15. The molecule has 8 N–H and O–H groups in total. The number of primary amides is 2. The van der Waals surface area contributed by atoms with Crippen molar-refractivity contribution in [1.29, 1.82) is 0 Å². The van der Waals surface area contributed by atoms with E-state index in [1.54, 1.807) is 6.07 Å². The molecule has 146 valence electrons. The Morgan fingerprint density at radius 3 is 1.70 bits per heavy atom. The highest BCUT2D eigenvalue weighted by atomic mass is 32.2. The maximum atomic E-state index is 11.4. The van der Waals surface area contributed by atoms with Crippen molar-refractivity contribution in [2.45, 2.75) is 9.79 Å². The summed E-state index contributed by atoms with van der Waals surface area (Å²) in [5.41, 5.74) is 14.2. The Morgan fingerprint density at radius 2 is 1.30 bits per heavy atom. The second-order valence-electron chi connectivity index (χ2n) is 4.93. The Bertz CT molecular complexity index is 1120. The topological polar surface area (TPSA) is 221 Å². The van der Waals surface area contributed by atoms with E-state index in [4.69, 9.17) is 10.3 Å². The van der Waals surface area contributed by atoms with Gasteiger partial charge in [-0.1, -0.05) is 24.3 Å². The van der Waals surface area contributed by atoms with Crippen LogP contribution in [0.25, 0.3) is 10.8 Å². The number of nitrogens with two attached hydrogens (primary N) is 3. The van der Waals surface area contributed by atoms with Crippen LogP contribution < -0.4 is 17.2 Å². The molecule has 0 aliphatic heterocycles. The summed E-state index contributed by atoms with van der Waals surface area (Å²) in [6.07, 6.45) is 1.81. The summed E-state index contributed by atoms with van der Waals surface area (Å²) in [6.45, 7) is 0. The third-order valence-corrected chi connectivity index (χ3v) is 4.94. The van der Waals surface area contributed by atoms with E-state index in [0.717, 1.165) is 12.2 Å². The number of hydrogen-bond donors (Lipinski definition) is 5. The predicted octanol–water partition coefficient (Wildman–Crippen LogP) is -0.571. The summed E-state index contributed by atoms with van der Waals surface area (Å²) in [6, 6.07) is 7.04. The second kappa shape index (κ2) is 8.13. The molecule has 0 spiro atoms. The van der Waals surface area contributed by atoms with Crippen molar-refractivity contribution in [3.05, 3.63) is 42.5 Å². The van der Waals surface area contributed by atoms with Crippen molar-refractivity contribution >= 4 is 48.5 Å². The molecule has 0 bridgehead atoms. The third kappa shape index (κ3) is 6.03. The average Bonchev–Trinajstić information content (AvgIpc) is 2.50. The molecular formula is C14H15N3O8S2. The van der Waals surface area contributed by atoms with E-state index in [0.29, 0.717) is 5.39 Å². The van der Waals surface area contributed by atoms with E-state index in [1.165, 1.54) is 24.3 Å². The molecule has 0 aromatic heterocycles. The summed E-state index contributed by atoms with van der Waals surface area (Å²) in [7, 11) is -9.79. The lowest BCUT2D eigenvalue weighted by molar-refractivity contribution is -0.115. The summed E-state index contributed by atoms with van der Waals surface area (Å²) < 4.78 is 63.6. The van der Waals surface area contributed by atoms with Gasteiger partial charge in [0, 0.05) is 17.5 Å². The summed E-state index contributed by atoms with van der Waals surface area (Å²) in [5, 5.41) is 0.270. The molecule has 0 aliphatic carbocycles. The molecule has 0 saturated carbocycles. The van der Waals surface area contributed by atoms with Gasteiger partial charge in [0.25, 0.3) is 20.2 Å². The Hall–Kier alpha value is -3.00. The third-order valence-electron chi connectivity index (χ3n) is 2.91. The first-order chi connectivity index (χ1) is 12.2. The van der Waals surface area contributed by atoms with Gasteiger partial charge in [0.1, 0.15) is 9.79 Å². The fourth-order valence-electron chi connectivity index (χ4n) is 2.00. The van der Waals surface area contributed by atoms with E-state index < -0.39 is 47.5 Å². The lowest BCUT2D eigenvalue weighted by atomic mass is 10.1. The first-order valence-corrected chi connectivity index (χ1v) is 9.66. The van der Waals surface area contributed by atoms with Crippen LogP contribution >= 0.6 is 0 Å². The van der Waals surface area contributed by atoms with Crippen molar-refractivity contribution in [3.63, 3.8) is 0 Å². The van der Waals surface area contributed by atoms with Gasteiger partial charge in [0.2, 0.25) is 11.8 Å². The molecule has 2 aromatic carbocycles. The van der Waals surface area contributed by atoms with Gasteiger partial charge >= 0.3 is 0 Å². The molecule has 0 radical (unpaired) electrons. The zero-order valence-electron chi connectivity index (χ0n) is 13.4. The van der Waals surface area contributed by atoms with Crippen LogP contribution in [0.3, 0.4) is 0 Å². The SMILES string of the molecule is NC(=O)/C=C\C(N)=O.Nc1cc2ccccc2c(S(=O)(=O)O)c1S(=O)(=O)O. The molecule has 0 heterocycles. The van der Waals surface area contributed by atoms with Crippen LogP contribution in [0, 0.1) is 0 Å². The molecule has 0 unspecified atom stereocenters. The zero-order chi connectivity index (χ0) is 21.0.